The smallest absolute Gasteiger partial charge is 0.462 e. The van der Waals surface area contributed by atoms with Crippen LogP contribution in [-0.2, 0) is 65.4 Å². The highest BCUT2D eigenvalue weighted by molar-refractivity contribution is 7.47. The number of carbonyl (C=O) groups excluding carboxylic acids is 4. The lowest BCUT2D eigenvalue weighted by molar-refractivity contribution is -0.161. The summed E-state index contributed by atoms with van der Waals surface area (Å²) in [5.41, 5.74) is 0. The number of hydrogen-bond acceptors (Lipinski definition) is 15. The SMILES string of the molecule is CCCCCCCCCCCCCCC(=O)O[C@H](COC(=O)CCCCCCCCC(C)C)COP(=O)(O)OC[C@@H](O)COP(=O)(O)OC[C@@H](COC(=O)CCCCCCC)OC(=O)CCCCCCCCCC. The van der Waals surface area contributed by atoms with Crippen LogP contribution in [0.5, 0.6) is 0 Å². The number of aliphatic hydroxyl groups is 1. The molecular formula is C55H106O17P2. The summed E-state index contributed by atoms with van der Waals surface area (Å²) in [6, 6.07) is 0. The highest BCUT2D eigenvalue weighted by Gasteiger charge is 2.30. The van der Waals surface area contributed by atoms with E-state index < -0.39 is 97.5 Å². The zero-order chi connectivity index (χ0) is 55.0. The fourth-order valence-electron chi connectivity index (χ4n) is 7.99. The minimum Gasteiger partial charge on any atom is -0.462 e. The molecule has 0 radical (unpaired) electrons. The highest BCUT2D eigenvalue weighted by atomic mass is 31.2. The lowest BCUT2D eigenvalue weighted by Crippen LogP contribution is -2.30. The van der Waals surface area contributed by atoms with Crippen molar-refractivity contribution in [2.75, 3.05) is 39.6 Å². The Balaban J connectivity index is 5.18. The van der Waals surface area contributed by atoms with Gasteiger partial charge in [-0.25, -0.2) is 9.13 Å². The maximum Gasteiger partial charge on any atom is 0.472 e. The van der Waals surface area contributed by atoms with E-state index in [9.17, 15) is 43.2 Å². The van der Waals surface area contributed by atoms with Crippen LogP contribution in [0.25, 0.3) is 0 Å². The van der Waals surface area contributed by atoms with E-state index in [1.807, 2.05) is 0 Å². The van der Waals surface area contributed by atoms with Crippen LogP contribution in [0.3, 0.4) is 0 Å². The summed E-state index contributed by atoms with van der Waals surface area (Å²) in [4.78, 5) is 71.4. The van der Waals surface area contributed by atoms with Crippen molar-refractivity contribution in [3.8, 4) is 0 Å². The number of rotatable bonds is 55. The Bertz CT molecular complexity index is 1470. The number of phosphoric ester groups is 2. The lowest BCUT2D eigenvalue weighted by Gasteiger charge is -2.21. The molecular weight excluding hydrogens is 995 g/mol. The quantitative estimate of drug-likeness (QED) is 0.0222. The zero-order valence-corrected chi connectivity index (χ0v) is 48.7. The fraction of sp³-hybridized carbons (Fsp3) is 0.927. The molecule has 0 amide bonds. The molecule has 0 aromatic heterocycles. The van der Waals surface area contributed by atoms with Gasteiger partial charge in [0.1, 0.15) is 19.3 Å². The van der Waals surface area contributed by atoms with E-state index in [1.165, 1.54) is 70.6 Å². The van der Waals surface area contributed by atoms with Crippen LogP contribution < -0.4 is 0 Å². The molecule has 0 spiro atoms. The molecule has 0 aliphatic heterocycles. The summed E-state index contributed by atoms with van der Waals surface area (Å²) in [5.74, 6) is -1.48. The molecule has 5 atom stereocenters. The van der Waals surface area contributed by atoms with E-state index in [4.69, 9.17) is 37.0 Å². The van der Waals surface area contributed by atoms with E-state index >= 15 is 0 Å². The Hall–Kier alpha value is -1.94. The molecule has 17 nitrogen and oxygen atoms in total. The molecule has 0 aliphatic carbocycles. The van der Waals surface area contributed by atoms with Gasteiger partial charge in [-0.05, 0) is 31.6 Å². The first-order valence-electron chi connectivity index (χ1n) is 29.1. The van der Waals surface area contributed by atoms with Crippen molar-refractivity contribution < 1.29 is 80.2 Å². The van der Waals surface area contributed by atoms with Gasteiger partial charge in [0.15, 0.2) is 12.2 Å². The standard InChI is InChI=1S/C55H106O17P2/c1-6-9-12-15-17-19-20-21-22-24-31-36-41-55(60)72-51(45-66-53(58)39-34-29-26-25-28-32-37-48(4)5)47-70-74(63,64)68-43-49(56)42-67-73(61,62)69-46-50(44-65-52(57)38-33-27-14-11-8-3)71-54(59)40-35-30-23-18-16-13-10-7-2/h48-51,56H,6-47H2,1-5H3,(H,61,62)(H,63,64)/t49-,50+,51+/m0/s1. The van der Waals surface area contributed by atoms with Gasteiger partial charge in [-0.15, -0.1) is 0 Å². The third-order valence-electron chi connectivity index (χ3n) is 12.5. The van der Waals surface area contributed by atoms with Gasteiger partial charge in [-0.1, -0.05) is 214 Å². The normalized spacial score (nSPS) is 14.5. The van der Waals surface area contributed by atoms with Crippen molar-refractivity contribution >= 4 is 39.5 Å². The van der Waals surface area contributed by atoms with Crippen molar-refractivity contribution in [1.29, 1.82) is 0 Å². The molecule has 0 bridgehead atoms. The molecule has 438 valence electrons. The molecule has 0 heterocycles. The van der Waals surface area contributed by atoms with Crippen molar-refractivity contribution in [3.05, 3.63) is 0 Å². The van der Waals surface area contributed by atoms with E-state index in [1.54, 1.807) is 0 Å². The number of esters is 4. The third kappa shape index (κ3) is 49.6. The number of phosphoric acid groups is 2. The number of unbranched alkanes of at least 4 members (excludes halogenated alkanes) is 27. The maximum absolute atomic E-state index is 12.9. The molecule has 0 aromatic carbocycles. The topological polar surface area (TPSA) is 237 Å². The maximum atomic E-state index is 12.9. The Morgan fingerprint density at radius 3 is 0.919 bits per heavy atom. The van der Waals surface area contributed by atoms with Gasteiger partial charge in [-0.2, -0.15) is 0 Å². The number of carbonyl (C=O) groups is 4. The molecule has 74 heavy (non-hydrogen) atoms. The first kappa shape index (κ1) is 72.1. The molecule has 3 N–H and O–H groups in total. The lowest BCUT2D eigenvalue weighted by atomic mass is 10.0. The zero-order valence-electron chi connectivity index (χ0n) is 47.0. The van der Waals surface area contributed by atoms with Crippen molar-refractivity contribution in [2.45, 2.75) is 284 Å². The second-order valence-electron chi connectivity index (χ2n) is 20.4. The summed E-state index contributed by atoms with van der Waals surface area (Å²) in [7, 11) is -9.85. The van der Waals surface area contributed by atoms with Crippen LogP contribution >= 0.6 is 15.6 Å². The number of ether oxygens (including phenoxy) is 4. The molecule has 0 saturated carbocycles. The fourth-order valence-corrected chi connectivity index (χ4v) is 9.57. The predicted molar refractivity (Wildman–Crippen MR) is 289 cm³/mol. The van der Waals surface area contributed by atoms with E-state index in [-0.39, 0.29) is 25.7 Å². The summed E-state index contributed by atoms with van der Waals surface area (Å²) in [6.07, 6.45) is 29.9. The van der Waals surface area contributed by atoms with Crippen molar-refractivity contribution in [2.24, 2.45) is 5.92 Å². The Labute approximate surface area is 447 Å². The first-order valence-corrected chi connectivity index (χ1v) is 32.1. The highest BCUT2D eigenvalue weighted by Crippen LogP contribution is 2.45. The largest absolute Gasteiger partial charge is 0.472 e. The molecule has 0 saturated heterocycles. The van der Waals surface area contributed by atoms with Crippen LogP contribution in [0.15, 0.2) is 0 Å². The van der Waals surface area contributed by atoms with Gasteiger partial charge < -0.3 is 33.8 Å². The van der Waals surface area contributed by atoms with Gasteiger partial charge >= 0.3 is 39.5 Å². The minimum atomic E-state index is -4.93. The van der Waals surface area contributed by atoms with Crippen molar-refractivity contribution in [3.63, 3.8) is 0 Å². The van der Waals surface area contributed by atoms with Crippen LogP contribution in [0.1, 0.15) is 266 Å². The Morgan fingerprint density at radius 2 is 0.622 bits per heavy atom. The molecule has 0 aliphatic rings. The second kappa shape index (κ2) is 49.4. The number of aliphatic hydroxyl groups excluding tert-OH is 1. The van der Waals surface area contributed by atoms with Gasteiger partial charge in [0.05, 0.1) is 26.4 Å². The monoisotopic (exact) mass is 1100 g/mol. The molecule has 2 unspecified atom stereocenters. The molecule has 19 heteroatoms. The van der Waals surface area contributed by atoms with E-state index in [2.05, 4.69) is 34.6 Å². The van der Waals surface area contributed by atoms with Crippen LogP contribution in [0.2, 0.25) is 0 Å². The average Bonchev–Trinajstić information content (AvgIpc) is 3.36. The summed E-state index contributed by atoms with van der Waals surface area (Å²) < 4.78 is 67.3. The Morgan fingerprint density at radius 1 is 0.365 bits per heavy atom. The summed E-state index contributed by atoms with van der Waals surface area (Å²) in [5, 5.41) is 10.4. The van der Waals surface area contributed by atoms with Gasteiger partial charge in [0, 0.05) is 25.7 Å². The third-order valence-corrected chi connectivity index (χ3v) is 14.4. The summed E-state index contributed by atoms with van der Waals surface area (Å²) in [6.45, 7) is 6.92. The second-order valence-corrected chi connectivity index (χ2v) is 23.4. The van der Waals surface area contributed by atoms with Crippen molar-refractivity contribution in [1.82, 2.24) is 0 Å². The average molecular weight is 1100 g/mol. The Kier molecular flexibility index (Phi) is 48.1. The van der Waals surface area contributed by atoms with Gasteiger partial charge in [-0.3, -0.25) is 37.3 Å². The van der Waals surface area contributed by atoms with Gasteiger partial charge in [0.2, 0.25) is 0 Å². The van der Waals surface area contributed by atoms with Crippen LogP contribution in [0.4, 0.5) is 0 Å². The van der Waals surface area contributed by atoms with Crippen LogP contribution in [0, 0.1) is 5.92 Å². The predicted octanol–water partition coefficient (Wildman–Crippen LogP) is 14.3. The number of hydrogen-bond donors (Lipinski definition) is 3. The summed E-state index contributed by atoms with van der Waals surface area (Å²) >= 11 is 0. The van der Waals surface area contributed by atoms with Crippen LogP contribution in [-0.4, -0.2) is 96.7 Å². The molecule has 0 fully saturated rings. The minimum absolute atomic E-state index is 0.104. The molecule has 0 aromatic rings. The van der Waals surface area contributed by atoms with E-state index in [0.29, 0.717) is 31.6 Å². The molecule has 0 rings (SSSR count). The first-order chi connectivity index (χ1) is 35.5. The van der Waals surface area contributed by atoms with E-state index in [0.717, 1.165) is 109 Å². The van der Waals surface area contributed by atoms with Gasteiger partial charge in [0.25, 0.3) is 0 Å².